The highest BCUT2D eigenvalue weighted by Gasteiger charge is 2.39. The molecule has 116 valence electrons. The van der Waals surface area contributed by atoms with Crippen LogP contribution >= 0.6 is 22.6 Å². The van der Waals surface area contributed by atoms with Gasteiger partial charge in [-0.3, -0.25) is 0 Å². The quantitative estimate of drug-likeness (QED) is 0.591. The summed E-state index contributed by atoms with van der Waals surface area (Å²) < 4.78 is 51.4. The van der Waals surface area contributed by atoms with Crippen molar-refractivity contribution in [3.63, 3.8) is 0 Å². The van der Waals surface area contributed by atoms with Crippen LogP contribution in [0.25, 0.3) is 0 Å². The first-order valence-electron chi connectivity index (χ1n) is 5.67. The number of ether oxygens (including phenoxy) is 3. The van der Waals surface area contributed by atoms with Crippen LogP contribution in [-0.4, -0.2) is 29.6 Å². The van der Waals surface area contributed by atoms with Gasteiger partial charge in [0.1, 0.15) is 11.3 Å². The Labute approximate surface area is 131 Å². The molecule has 2 rings (SSSR count). The van der Waals surface area contributed by atoms with Gasteiger partial charge in [-0.25, -0.2) is 4.79 Å². The van der Waals surface area contributed by atoms with Gasteiger partial charge < -0.3 is 19.3 Å². The molecule has 1 N–H and O–H groups in total. The Bertz CT molecular complexity index is 598. The number of phenolic OH excluding ortho intramolecular Hbond substituents is 1. The summed E-state index contributed by atoms with van der Waals surface area (Å²) in [6.45, 7) is 1.39. The van der Waals surface area contributed by atoms with Crippen LogP contribution in [0.1, 0.15) is 24.2 Å². The van der Waals surface area contributed by atoms with Gasteiger partial charge in [-0.2, -0.15) is 13.2 Å². The van der Waals surface area contributed by atoms with Crippen LogP contribution in [0, 0.1) is 3.57 Å². The minimum Gasteiger partial charge on any atom is -0.507 e. The fraction of sp³-hybridized carbons (Fsp3) is 0.417. The highest BCUT2D eigenvalue weighted by Crippen LogP contribution is 2.47. The molecular formula is C12H10F3IO5. The fourth-order valence-corrected chi connectivity index (χ4v) is 2.34. The van der Waals surface area contributed by atoms with Gasteiger partial charge in [0.25, 0.3) is 0 Å². The molecule has 0 aliphatic carbocycles. The lowest BCUT2D eigenvalue weighted by molar-refractivity contribution is -0.161. The highest BCUT2D eigenvalue weighted by molar-refractivity contribution is 14.1. The third kappa shape index (κ3) is 3.44. The topological polar surface area (TPSA) is 65.0 Å². The van der Waals surface area contributed by atoms with Gasteiger partial charge in [0.05, 0.1) is 3.57 Å². The van der Waals surface area contributed by atoms with Crippen molar-refractivity contribution in [1.82, 2.24) is 0 Å². The van der Waals surface area contributed by atoms with Gasteiger partial charge in [0.2, 0.25) is 5.79 Å². The van der Waals surface area contributed by atoms with E-state index in [0.717, 1.165) is 0 Å². The van der Waals surface area contributed by atoms with Gasteiger partial charge in [-0.05, 0) is 22.6 Å². The molecule has 0 unspecified atom stereocenters. The van der Waals surface area contributed by atoms with Crippen molar-refractivity contribution in [1.29, 1.82) is 0 Å². The van der Waals surface area contributed by atoms with Crippen LogP contribution in [0.15, 0.2) is 6.07 Å². The Kier molecular flexibility index (Phi) is 3.89. The summed E-state index contributed by atoms with van der Waals surface area (Å²) >= 11 is 1.62. The molecule has 0 spiro atoms. The third-order valence-electron chi connectivity index (χ3n) is 2.44. The van der Waals surface area contributed by atoms with Gasteiger partial charge in [0, 0.05) is 19.9 Å². The van der Waals surface area contributed by atoms with Crippen LogP contribution in [0.3, 0.4) is 0 Å². The normalized spacial score (nSPS) is 15.9. The molecule has 9 heteroatoms. The van der Waals surface area contributed by atoms with Crippen molar-refractivity contribution in [3.8, 4) is 17.2 Å². The van der Waals surface area contributed by atoms with Crippen LogP contribution < -0.4 is 9.47 Å². The number of rotatable bonds is 2. The smallest absolute Gasteiger partial charge is 0.422 e. The van der Waals surface area contributed by atoms with E-state index in [4.69, 9.17) is 9.47 Å². The van der Waals surface area contributed by atoms with Crippen molar-refractivity contribution < 1.29 is 37.3 Å². The van der Waals surface area contributed by atoms with Gasteiger partial charge in [0.15, 0.2) is 18.1 Å². The van der Waals surface area contributed by atoms with E-state index in [-0.39, 0.29) is 26.4 Å². The molecule has 1 aliphatic rings. The minimum absolute atomic E-state index is 0.0276. The maximum Gasteiger partial charge on any atom is 0.422 e. The number of benzene rings is 1. The molecule has 5 nitrogen and oxygen atoms in total. The first-order chi connectivity index (χ1) is 9.50. The van der Waals surface area contributed by atoms with Crippen molar-refractivity contribution in [2.24, 2.45) is 0 Å². The minimum atomic E-state index is -4.64. The van der Waals surface area contributed by atoms with E-state index in [0.29, 0.717) is 0 Å². The van der Waals surface area contributed by atoms with E-state index < -0.39 is 24.5 Å². The zero-order chi connectivity index (χ0) is 16.0. The number of phenols is 1. The Hall–Kier alpha value is -1.39. The average Bonchev–Trinajstić information content (AvgIpc) is 2.60. The Morgan fingerprint density at radius 2 is 2.05 bits per heavy atom. The second-order valence-corrected chi connectivity index (χ2v) is 5.79. The lowest BCUT2D eigenvalue weighted by Crippen LogP contribution is -2.30. The van der Waals surface area contributed by atoms with Crippen LogP contribution in [0.2, 0.25) is 0 Å². The molecular weight excluding hydrogens is 408 g/mol. The largest absolute Gasteiger partial charge is 0.507 e. The molecule has 0 atom stereocenters. The second-order valence-electron chi connectivity index (χ2n) is 4.71. The summed E-state index contributed by atoms with van der Waals surface area (Å²) in [5, 5.41) is 9.74. The number of alkyl halides is 3. The summed E-state index contributed by atoms with van der Waals surface area (Å²) in [5.74, 6) is -2.64. The van der Waals surface area contributed by atoms with Crippen molar-refractivity contribution in [2.45, 2.75) is 25.8 Å². The molecule has 0 aromatic heterocycles. The average molecular weight is 418 g/mol. The van der Waals surface area contributed by atoms with Crippen molar-refractivity contribution >= 4 is 28.6 Å². The molecule has 0 amide bonds. The van der Waals surface area contributed by atoms with E-state index in [2.05, 4.69) is 4.74 Å². The van der Waals surface area contributed by atoms with Crippen molar-refractivity contribution in [3.05, 3.63) is 15.2 Å². The molecule has 1 heterocycles. The molecule has 0 radical (unpaired) electrons. The summed E-state index contributed by atoms with van der Waals surface area (Å²) in [7, 11) is 0. The first kappa shape index (κ1) is 16.0. The Morgan fingerprint density at radius 1 is 1.43 bits per heavy atom. The molecule has 21 heavy (non-hydrogen) atoms. The first-order valence-corrected chi connectivity index (χ1v) is 6.75. The van der Waals surface area contributed by atoms with Crippen LogP contribution in [0.4, 0.5) is 13.2 Å². The Morgan fingerprint density at radius 3 is 2.62 bits per heavy atom. The molecule has 0 saturated heterocycles. The number of hydrogen-bond acceptors (Lipinski definition) is 5. The predicted molar refractivity (Wildman–Crippen MR) is 72.5 cm³/mol. The van der Waals surface area contributed by atoms with Gasteiger partial charge in [-0.1, -0.05) is 0 Å². The fourth-order valence-electron chi connectivity index (χ4n) is 1.71. The summed E-state index contributed by atoms with van der Waals surface area (Å²) in [4.78, 5) is 11.9. The van der Waals surface area contributed by atoms with Crippen molar-refractivity contribution in [2.75, 3.05) is 6.61 Å². The molecule has 0 fully saturated rings. The van der Waals surface area contributed by atoms with E-state index >= 15 is 0 Å². The van der Waals surface area contributed by atoms with E-state index in [1.807, 2.05) is 0 Å². The summed E-state index contributed by atoms with van der Waals surface area (Å²) in [5.41, 5.74) is -0.291. The van der Waals surface area contributed by atoms with Gasteiger partial charge >= 0.3 is 12.1 Å². The number of aromatic hydroxyl groups is 1. The molecule has 0 bridgehead atoms. The lowest BCUT2D eigenvalue weighted by atomic mass is 10.1. The Balaban J connectivity index is 2.38. The monoisotopic (exact) mass is 418 g/mol. The maximum absolute atomic E-state index is 12.1. The number of halogens is 4. The number of carbonyl (C=O) groups excluding carboxylic acids is 1. The SMILES string of the molecule is CC1(C)Oc2cc(O)c(I)c(C(=O)OCC(F)(F)F)c2O1. The molecule has 1 aromatic rings. The molecule has 1 aromatic carbocycles. The maximum atomic E-state index is 12.1. The standard InChI is InChI=1S/C12H10F3IO5/c1-11(2)20-6-3-5(17)8(16)7(9(6)21-11)10(18)19-4-12(13,14)15/h3,17H,4H2,1-2H3. The van der Waals surface area contributed by atoms with Crippen LogP contribution in [0.5, 0.6) is 17.2 Å². The summed E-state index contributed by atoms with van der Waals surface area (Å²) in [6, 6.07) is 1.23. The second kappa shape index (κ2) is 5.11. The van der Waals surface area contributed by atoms with E-state index in [1.165, 1.54) is 6.07 Å². The number of hydrogen-bond donors (Lipinski definition) is 1. The third-order valence-corrected chi connectivity index (χ3v) is 3.53. The molecule has 1 aliphatic heterocycles. The number of carbonyl (C=O) groups is 1. The number of esters is 1. The molecule has 0 saturated carbocycles. The zero-order valence-electron chi connectivity index (χ0n) is 10.9. The van der Waals surface area contributed by atoms with Gasteiger partial charge in [-0.15, -0.1) is 0 Å². The van der Waals surface area contributed by atoms with Crippen LogP contribution in [-0.2, 0) is 4.74 Å². The van der Waals surface area contributed by atoms with E-state index in [9.17, 15) is 23.1 Å². The predicted octanol–water partition coefficient (Wildman–Crippen LogP) is 3.22. The zero-order valence-corrected chi connectivity index (χ0v) is 13.0. The summed E-state index contributed by atoms with van der Waals surface area (Å²) in [6.07, 6.45) is -4.64. The highest BCUT2D eigenvalue weighted by atomic mass is 127. The lowest BCUT2D eigenvalue weighted by Gasteiger charge is -2.16. The number of fused-ring (bicyclic) bond motifs is 1. The van der Waals surface area contributed by atoms with E-state index in [1.54, 1.807) is 36.4 Å².